The smallest absolute Gasteiger partial charge is 0.350 e. The van der Waals surface area contributed by atoms with Crippen LogP contribution in [0.15, 0.2) is 11.6 Å². The SMILES string of the molecule is CCCC[C@H](C[NH2+]CCC)COC(=O)[C@]12O[C@@]1(CC=C(C)CCC1CC[NH2+]C(N)C1)C(=O)C1CCCCC1C2=O. The van der Waals surface area contributed by atoms with Crippen molar-refractivity contribution in [3.8, 4) is 0 Å². The van der Waals surface area contributed by atoms with Gasteiger partial charge in [0.05, 0.1) is 26.2 Å². The first-order chi connectivity index (χ1) is 19.3. The van der Waals surface area contributed by atoms with Crippen molar-refractivity contribution in [1.82, 2.24) is 0 Å². The summed E-state index contributed by atoms with van der Waals surface area (Å²) in [6, 6.07) is 0. The first kappa shape index (κ1) is 31.3. The van der Waals surface area contributed by atoms with Gasteiger partial charge >= 0.3 is 5.97 Å². The van der Waals surface area contributed by atoms with Crippen LogP contribution in [-0.4, -0.2) is 61.1 Å². The molecule has 4 fully saturated rings. The van der Waals surface area contributed by atoms with E-state index in [9.17, 15) is 14.4 Å². The molecule has 6 N–H and O–H groups in total. The van der Waals surface area contributed by atoms with Gasteiger partial charge in [0, 0.05) is 30.6 Å². The molecular weight excluding hydrogens is 506 g/mol. The molecule has 2 saturated carbocycles. The van der Waals surface area contributed by atoms with E-state index in [1.165, 1.54) is 12.0 Å². The van der Waals surface area contributed by atoms with Crippen LogP contribution >= 0.6 is 0 Å². The Balaban J connectivity index is 1.46. The third-order valence-corrected chi connectivity index (χ3v) is 10.1. The molecule has 8 nitrogen and oxygen atoms in total. The minimum absolute atomic E-state index is 0.0506. The van der Waals surface area contributed by atoms with Crippen molar-refractivity contribution in [2.75, 3.05) is 26.2 Å². The number of unbranched alkanes of at least 4 members (excludes halogenated alkanes) is 1. The van der Waals surface area contributed by atoms with E-state index >= 15 is 0 Å². The van der Waals surface area contributed by atoms with E-state index in [-0.39, 0.29) is 42.6 Å². The molecule has 7 atom stereocenters. The summed E-state index contributed by atoms with van der Waals surface area (Å²) in [5.41, 5.74) is 4.16. The van der Waals surface area contributed by atoms with Crippen LogP contribution in [0.4, 0.5) is 0 Å². The molecule has 0 aromatic heterocycles. The number of carbonyl (C=O) groups is 3. The van der Waals surface area contributed by atoms with Gasteiger partial charge in [-0.25, -0.2) is 4.79 Å². The Bertz CT molecular complexity index is 938. The Morgan fingerprint density at radius 1 is 1.18 bits per heavy atom. The summed E-state index contributed by atoms with van der Waals surface area (Å²) in [5.74, 6) is -0.804. The highest BCUT2D eigenvalue weighted by Crippen LogP contribution is 2.61. The molecule has 40 heavy (non-hydrogen) atoms. The molecule has 226 valence electrons. The average Bonchev–Trinajstić information content (AvgIpc) is 3.67. The van der Waals surface area contributed by atoms with Gasteiger partial charge in [-0.3, -0.25) is 15.3 Å². The number of allylic oxidation sites excluding steroid dienone is 1. The van der Waals surface area contributed by atoms with Gasteiger partial charge in [0.15, 0.2) is 17.2 Å². The van der Waals surface area contributed by atoms with Crippen molar-refractivity contribution in [1.29, 1.82) is 0 Å². The lowest BCUT2D eigenvalue weighted by Gasteiger charge is -2.36. The topological polar surface area (TPSA) is 132 Å². The highest BCUT2D eigenvalue weighted by molar-refractivity contribution is 6.23. The van der Waals surface area contributed by atoms with E-state index in [4.69, 9.17) is 15.2 Å². The van der Waals surface area contributed by atoms with E-state index in [0.29, 0.717) is 18.8 Å². The molecule has 0 spiro atoms. The van der Waals surface area contributed by atoms with Crippen LogP contribution in [-0.2, 0) is 23.9 Å². The summed E-state index contributed by atoms with van der Waals surface area (Å²) in [6.45, 7) is 9.68. The number of nitrogens with two attached hydrogens (primary N) is 3. The summed E-state index contributed by atoms with van der Waals surface area (Å²) in [7, 11) is 0. The Kier molecular flexibility index (Phi) is 11.0. The van der Waals surface area contributed by atoms with E-state index in [1.54, 1.807) is 0 Å². The van der Waals surface area contributed by atoms with Crippen LogP contribution < -0.4 is 16.4 Å². The lowest BCUT2D eigenvalue weighted by molar-refractivity contribution is -0.699. The zero-order valence-corrected chi connectivity index (χ0v) is 25.3. The maximum Gasteiger partial charge on any atom is 0.350 e. The molecule has 2 heterocycles. The predicted molar refractivity (Wildman–Crippen MR) is 153 cm³/mol. The number of fused-ring (bicyclic) bond motifs is 2. The molecule has 0 aromatic rings. The first-order valence-electron chi connectivity index (χ1n) is 16.3. The number of rotatable bonds is 15. The number of hydrogen-bond acceptors (Lipinski definition) is 6. The maximum absolute atomic E-state index is 13.9. The van der Waals surface area contributed by atoms with Crippen molar-refractivity contribution in [3.05, 3.63) is 11.6 Å². The molecule has 4 rings (SSSR count). The van der Waals surface area contributed by atoms with Gasteiger partial charge in [-0.1, -0.05) is 51.2 Å². The van der Waals surface area contributed by atoms with Crippen LogP contribution in [0.3, 0.4) is 0 Å². The van der Waals surface area contributed by atoms with Gasteiger partial charge in [0.25, 0.3) is 5.60 Å². The summed E-state index contributed by atoms with van der Waals surface area (Å²) in [6.07, 6.45) is 14.1. The minimum atomic E-state index is -1.76. The zero-order valence-electron chi connectivity index (χ0n) is 25.3. The highest BCUT2D eigenvalue weighted by Gasteiger charge is 2.86. The summed E-state index contributed by atoms with van der Waals surface area (Å²) in [4.78, 5) is 41.6. The molecule has 0 bridgehead atoms. The van der Waals surface area contributed by atoms with Gasteiger partial charge in [-0.2, -0.15) is 0 Å². The van der Waals surface area contributed by atoms with E-state index < -0.39 is 23.1 Å². The van der Waals surface area contributed by atoms with Crippen LogP contribution in [0.25, 0.3) is 0 Å². The Hall–Kier alpha value is -1.61. The molecule has 0 radical (unpaired) electrons. The Labute approximate surface area is 240 Å². The van der Waals surface area contributed by atoms with Crippen molar-refractivity contribution >= 4 is 17.5 Å². The Morgan fingerprint density at radius 3 is 2.62 bits per heavy atom. The molecule has 2 aliphatic carbocycles. The molecule has 4 unspecified atom stereocenters. The molecule has 0 amide bonds. The second-order valence-electron chi connectivity index (χ2n) is 13.1. The lowest BCUT2D eigenvalue weighted by Crippen LogP contribution is -2.94. The molecule has 2 saturated heterocycles. The average molecular weight is 562 g/mol. The second kappa shape index (κ2) is 14.0. The number of ketones is 2. The fourth-order valence-corrected chi connectivity index (χ4v) is 7.49. The normalized spacial score (nSPS) is 34.6. The fraction of sp³-hybridized carbons (Fsp3) is 0.844. The Morgan fingerprint density at radius 2 is 1.93 bits per heavy atom. The standard InChI is InChI=1S/C32H53N3O5/c1-4-6-9-24(20-34-17-5-2)21-39-30(38)32-29(37)26-11-8-7-10-25(26)28(36)31(32,40-32)16-14-22(3)12-13-23-15-18-35-27(33)19-23/h14,23-27,34-35H,4-13,15-21,33H2,1-3H3/p+2/t23?,24-,25?,26?,27?,31+,32+/m1/s1. The van der Waals surface area contributed by atoms with Gasteiger partial charge < -0.3 is 20.1 Å². The number of ether oxygens (including phenoxy) is 2. The predicted octanol–water partition coefficient (Wildman–Crippen LogP) is 2.15. The molecular formula is C32H55N3O5+2. The number of hydrogen-bond donors (Lipinski definition) is 3. The lowest BCUT2D eigenvalue weighted by atomic mass is 9.61. The zero-order chi connectivity index (χ0) is 28.8. The monoisotopic (exact) mass is 561 g/mol. The fourth-order valence-electron chi connectivity index (χ4n) is 7.49. The van der Waals surface area contributed by atoms with Gasteiger partial charge in [-0.05, 0) is 57.8 Å². The van der Waals surface area contributed by atoms with Crippen LogP contribution in [0.2, 0.25) is 0 Å². The molecule has 4 aliphatic rings. The van der Waals surface area contributed by atoms with E-state index in [1.807, 2.05) is 6.08 Å². The summed E-state index contributed by atoms with van der Waals surface area (Å²) >= 11 is 0. The van der Waals surface area contributed by atoms with Crippen LogP contribution in [0.5, 0.6) is 0 Å². The largest absolute Gasteiger partial charge is 0.463 e. The van der Waals surface area contributed by atoms with Crippen LogP contribution in [0.1, 0.15) is 104 Å². The number of quaternary nitrogens is 2. The highest BCUT2D eigenvalue weighted by atomic mass is 16.7. The first-order valence-corrected chi connectivity index (χ1v) is 16.3. The number of piperidine rings is 1. The molecule has 0 aromatic carbocycles. The second-order valence-corrected chi connectivity index (χ2v) is 13.1. The van der Waals surface area contributed by atoms with E-state index in [2.05, 4.69) is 31.4 Å². The van der Waals surface area contributed by atoms with Gasteiger partial charge in [0.2, 0.25) is 0 Å². The van der Waals surface area contributed by atoms with Crippen molar-refractivity contribution < 1.29 is 34.5 Å². The third kappa shape index (κ3) is 6.55. The summed E-state index contributed by atoms with van der Waals surface area (Å²) < 4.78 is 12.0. The maximum atomic E-state index is 13.9. The number of epoxide rings is 1. The molecule has 8 heteroatoms. The number of carbonyl (C=O) groups excluding carboxylic acids is 3. The summed E-state index contributed by atoms with van der Waals surface area (Å²) in [5, 5.41) is 4.49. The van der Waals surface area contributed by atoms with Gasteiger partial charge in [-0.15, -0.1) is 0 Å². The van der Waals surface area contributed by atoms with Crippen molar-refractivity contribution in [2.45, 2.75) is 122 Å². The third-order valence-electron chi connectivity index (χ3n) is 10.1. The quantitative estimate of drug-likeness (QED) is 0.0923. The van der Waals surface area contributed by atoms with Crippen LogP contribution in [0, 0.1) is 23.7 Å². The number of Topliss-reactive ketones (excluding diaryl/α,β-unsaturated/α-hetero) is 2. The minimum Gasteiger partial charge on any atom is -0.463 e. The molecule has 2 aliphatic heterocycles. The van der Waals surface area contributed by atoms with Gasteiger partial charge in [0.1, 0.15) is 6.17 Å². The van der Waals surface area contributed by atoms with E-state index in [0.717, 1.165) is 77.4 Å². The number of esters is 1. The van der Waals surface area contributed by atoms with Crippen molar-refractivity contribution in [2.24, 2.45) is 29.4 Å². The van der Waals surface area contributed by atoms with Crippen molar-refractivity contribution in [3.63, 3.8) is 0 Å².